The van der Waals surface area contributed by atoms with Crippen LogP contribution in [0, 0.1) is 11.8 Å². The summed E-state index contributed by atoms with van der Waals surface area (Å²) in [6.07, 6.45) is -1.51. The van der Waals surface area contributed by atoms with Gasteiger partial charge in [0, 0.05) is 25.7 Å². The molecule has 2 atom stereocenters. The van der Waals surface area contributed by atoms with Crippen molar-refractivity contribution in [1.82, 2.24) is 9.88 Å². The first kappa shape index (κ1) is 18.0. The number of nitrogens with zero attached hydrogens (tertiary/aromatic N) is 2. The number of nitrogens with one attached hydrogen (secondary N) is 1. The second-order valence-electron chi connectivity index (χ2n) is 6.72. The maximum atomic E-state index is 12.4. The van der Waals surface area contributed by atoms with Gasteiger partial charge in [-0.25, -0.2) is 4.98 Å². The van der Waals surface area contributed by atoms with Gasteiger partial charge in [0.05, 0.1) is 13.0 Å². The lowest BCUT2D eigenvalue weighted by atomic mass is 9.81. The van der Waals surface area contributed by atoms with Gasteiger partial charge in [0.25, 0.3) is 0 Å². The molecule has 0 saturated carbocycles. The fourth-order valence-electron chi connectivity index (χ4n) is 3.59. The number of carbonyl (C=O) groups is 1. The second kappa shape index (κ2) is 7.59. The highest BCUT2D eigenvalue weighted by Gasteiger charge is 2.34. The number of carbonyl (C=O) groups excluding carboxylic acids is 1. The van der Waals surface area contributed by atoms with Crippen LogP contribution in [-0.4, -0.2) is 48.2 Å². The molecule has 2 aliphatic rings. The summed E-state index contributed by atoms with van der Waals surface area (Å²) < 4.78 is 43.0. The number of pyridine rings is 1. The van der Waals surface area contributed by atoms with Crippen LogP contribution in [0.15, 0.2) is 18.3 Å². The van der Waals surface area contributed by atoms with E-state index in [0.717, 1.165) is 6.42 Å². The molecule has 0 spiro atoms. The Hall–Kier alpha value is -1.83. The predicted octanol–water partition coefficient (Wildman–Crippen LogP) is 3.08. The molecule has 25 heavy (non-hydrogen) atoms. The second-order valence-corrected chi connectivity index (χ2v) is 6.72. The van der Waals surface area contributed by atoms with Gasteiger partial charge in [-0.3, -0.25) is 4.79 Å². The number of piperidine rings is 1. The number of amides is 1. The van der Waals surface area contributed by atoms with Crippen LogP contribution in [0.3, 0.4) is 0 Å². The molecule has 0 aliphatic carbocycles. The Morgan fingerprint density at radius 3 is 2.96 bits per heavy atom. The number of likely N-dealkylation sites (tertiary alicyclic amines) is 1. The Bertz CT molecular complexity index is 609. The summed E-state index contributed by atoms with van der Waals surface area (Å²) in [5, 5.41) is 2.83. The summed E-state index contributed by atoms with van der Waals surface area (Å²) in [5.41, 5.74) is 0.563. The summed E-state index contributed by atoms with van der Waals surface area (Å²) in [6.45, 7) is 1.63. The Labute approximate surface area is 144 Å². The van der Waals surface area contributed by atoms with Gasteiger partial charge in [-0.1, -0.05) is 0 Å². The van der Waals surface area contributed by atoms with Gasteiger partial charge in [0.15, 0.2) is 0 Å². The van der Waals surface area contributed by atoms with Crippen molar-refractivity contribution in [3.05, 3.63) is 18.3 Å². The number of anilines is 1. The molecule has 1 N–H and O–H groups in total. The molecular weight excluding hydrogens is 335 g/mol. The van der Waals surface area contributed by atoms with E-state index in [1.807, 2.05) is 4.90 Å². The van der Waals surface area contributed by atoms with Crippen LogP contribution in [0.2, 0.25) is 0 Å². The van der Waals surface area contributed by atoms with Crippen molar-refractivity contribution in [2.45, 2.75) is 31.9 Å². The van der Waals surface area contributed by atoms with Gasteiger partial charge in [-0.15, -0.1) is 0 Å². The Morgan fingerprint density at radius 2 is 2.16 bits per heavy atom. The Balaban J connectivity index is 1.64. The van der Waals surface area contributed by atoms with Crippen molar-refractivity contribution in [3.8, 4) is 5.88 Å². The highest BCUT2D eigenvalue weighted by Crippen LogP contribution is 2.32. The first-order valence-electron chi connectivity index (χ1n) is 8.57. The van der Waals surface area contributed by atoms with E-state index in [-0.39, 0.29) is 24.3 Å². The van der Waals surface area contributed by atoms with Crippen molar-refractivity contribution in [1.29, 1.82) is 0 Å². The van der Waals surface area contributed by atoms with Crippen LogP contribution in [0.1, 0.15) is 25.7 Å². The van der Waals surface area contributed by atoms with Crippen molar-refractivity contribution in [3.63, 3.8) is 0 Å². The largest absolute Gasteiger partial charge is 0.476 e. The number of aromatic nitrogens is 1. The zero-order valence-electron chi connectivity index (χ0n) is 13.9. The number of rotatable bonds is 2. The smallest absolute Gasteiger partial charge is 0.390 e. The molecule has 1 saturated heterocycles. The molecule has 138 valence electrons. The third-order valence-corrected chi connectivity index (χ3v) is 4.91. The SMILES string of the molecule is O=C1C[C@@H]2CCN(CCC(F)(F)F)C[C@@H]2CCOc2ncccc2N1. The first-order valence-corrected chi connectivity index (χ1v) is 8.57. The van der Waals surface area contributed by atoms with E-state index in [2.05, 4.69) is 10.3 Å². The number of halogens is 3. The number of ether oxygens (including phenoxy) is 1. The maximum Gasteiger partial charge on any atom is 0.390 e. The highest BCUT2D eigenvalue weighted by atomic mass is 19.4. The van der Waals surface area contributed by atoms with E-state index < -0.39 is 12.6 Å². The molecule has 5 nitrogen and oxygen atoms in total. The van der Waals surface area contributed by atoms with Crippen LogP contribution < -0.4 is 10.1 Å². The van der Waals surface area contributed by atoms with E-state index >= 15 is 0 Å². The van der Waals surface area contributed by atoms with E-state index in [1.165, 1.54) is 0 Å². The minimum absolute atomic E-state index is 0.0180. The van der Waals surface area contributed by atoms with Crippen LogP contribution >= 0.6 is 0 Å². The summed E-state index contributed by atoms with van der Waals surface area (Å²) in [4.78, 5) is 18.3. The first-order chi connectivity index (χ1) is 11.9. The van der Waals surface area contributed by atoms with Gasteiger partial charge in [-0.2, -0.15) is 13.2 Å². The lowest BCUT2D eigenvalue weighted by molar-refractivity contribution is -0.139. The summed E-state index contributed by atoms with van der Waals surface area (Å²) in [5.74, 6) is 0.611. The monoisotopic (exact) mass is 357 g/mol. The summed E-state index contributed by atoms with van der Waals surface area (Å²) >= 11 is 0. The topological polar surface area (TPSA) is 54.5 Å². The molecule has 8 heteroatoms. The van der Waals surface area contributed by atoms with E-state index in [0.29, 0.717) is 44.1 Å². The Kier molecular flexibility index (Phi) is 5.46. The number of fused-ring (bicyclic) bond motifs is 2. The van der Waals surface area contributed by atoms with Gasteiger partial charge >= 0.3 is 6.18 Å². The minimum atomic E-state index is -4.13. The molecule has 1 amide bonds. The molecule has 0 unspecified atom stereocenters. The van der Waals surface area contributed by atoms with Crippen molar-refractivity contribution in [2.75, 3.05) is 31.6 Å². The number of hydrogen-bond donors (Lipinski definition) is 1. The molecule has 3 rings (SSSR count). The maximum absolute atomic E-state index is 12.4. The van der Waals surface area contributed by atoms with Crippen molar-refractivity contribution >= 4 is 11.6 Å². The number of hydrogen-bond acceptors (Lipinski definition) is 4. The lowest BCUT2D eigenvalue weighted by Gasteiger charge is -2.39. The van der Waals surface area contributed by atoms with Crippen LogP contribution in [-0.2, 0) is 4.79 Å². The van der Waals surface area contributed by atoms with Gasteiger partial charge in [0.2, 0.25) is 11.8 Å². The van der Waals surface area contributed by atoms with Crippen molar-refractivity contribution < 1.29 is 22.7 Å². The van der Waals surface area contributed by atoms with Gasteiger partial charge in [-0.05, 0) is 43.4 Å². The van der Waals surface area contributed by atoms with Crippen LogP contribution in [0.5, 0.6) is 5.88 Å². The quantitative estimate of drug-likeness (QED) is 0.884. The third kappa shape index (κ3) is 5.07. The van der Waals surface area contributed by atoms with Gasteiger partial charge < -0.3 is 15.0 Å². The molecule has 0 aromatic carbocycles. The standard InChI is InChI=1S/C17H22F3N3O2/c18-17(19,20)5-8-23-7-3-12-10-15(24)22-14-2-1-6-21-16(14)25-9-4-13(12)11-23/h1-2,6,12-13H,3-5,7-11H2,(H,22,24)/t12-,13-/m0/s1. The molecule has 0 radical (unpaired) electrons. The Morgan fingerprint density at radius 1 is 1.32 bits per heavy atom. The van der Waals surface area contributed by atoms with Crippen molar-refractivity contribution in [2.24, 2.45) is 11.8 Å². The normalized spacial score (nSPS) is 25.3. The summed E-state index contributed by atoms with van der Waals surface area (Å²) in [6, 6.07) is 3.48. The van der Waals surface area contributed by atoms with Gasteiger partial charge in [0.1, 0.15) is 5.69 Å². The molecule has 0 bridgehead atoms. The van der Waals surface area contributed by atoms with Crippen LogP contribution in [0.4, 0.5) is 18.9 Å². The fourth-order valence-corrected chi connectivity index (χ4v) is 3.59. The average Bonchev–Trinajstić information content (AvgIpc) is 2.55. The van der Waals surface area contributed by atoms with E-state index in [1.54, 1.807) is 18.3 Å². The molecule has 3 heterocycles. The number of alkyl halides is 3. The minimum Gasteiger partial charge on any atom is -0.476 e. The molecule has 2 aliphatic heterocycles. The molecule has 1 aromatic rings. The van der Waals surface area contributed by atoms with E-state index in [9.17, 15) is 18.0 Å². The zero-order chi connectivity index (χ0) is 17.9. The van der Waals surface area contributed by atoms with E-state index in [4.69, 9.17) is 4.74 Å². The van der Waals surface area contributed by atoms with Crippen LogP contribution in [0.25, 0.3) is 0 Å². The fraction of sp³-hybridized carbons (Fsp3) is 0.647. The zero-order valence-corrected chi connectivity index (χ0v) is 13.9. The summed E-state index contributed by atoms with van der Waals surface area (Å²) in [7, 11) is 0. The molecule has 1 aromatic heterocycles. The third-order valence-electron chi connectivity index (χ3n) is 4.91. The molecular formula is C17H22F3N3O2. The predicted molar refractivity (Wildman–Crippen MR) is 86.3 cm³/mol. The lowest BCUT2D eigenvalue weighted by Crippen LogP contribution is -2.43. The molecule has 1 fully saturated rings. The average molecular weight is 357 g/mol. The highest BCUT2D eigenvalue weighted by molar-refractivity contribution is 5.92.